The SMILES string of the molecule is CCOc1cc2occ(-c3cccc(OC)c3)c2cc1/C(C)=C/C(=O)Nc1ccc(C(C)=O)cc1. The minimum absolute atomic E-state index is 0.0231. The van der Waals surface area contributed by atoms with Crippen molar-refractivity contribution in [2.45, 2.75) is 20.8 Å². The van der Waals surface area contributed by atoms with Gasteiger partial charge in [0.2, 0.25) is 5.91 Å². The number of methoxy groups -OCH3 is 1. The van der Waals surface area contributed by atoms with Crippen LogP contribution in [0.15, 0.2) is 77.4 Å². The van der Waals surface area contributed by atoms with Crippen LogP contribution in [0.4, 0.5) is 5.69 Å². The monoisotopic (exact) mass is 469 g/mol. The van der Waals surface area contributed by atoms with E-state index in [4.69, 9.17) is 13.9 Å². The van der Waals surface area contributed by atoms with Gasteiger partial charge in [-0.1, -0.05) is 12.1 Å². The van der Waals surface area contributed by atoms with Crippen LogP contribution in [0, 0.1) is 0 Å². The molecule has 0 aliphatic heterocycles. The van der Waals surface area contributed by atoms with E-state index in [1.165, 1.54) is 13.0 Å². The highest BCUT2D eigenvalue weighted by Crippen LogP contribution is 2.38. The van der Waals surface area contributed by atoms with Crippen molar-refractivity contribution in [3.8, 4) is 22.6 Å². The number of nitrogens with one attached hydrogen (secondary N) is 1. The van der Waals surface area contributed by atoms with Gasteiger partial charge in [-0.15, -0.1) is 0 Å². The van der Waals surface area contributed by atoms with E-state index in [-0.39, 0.29) is 11.7 Å². The highest BCUT2D eigenvalue weighted by Gasteiger charge is 2.16. The average Bonchev–Trinajstić information content (AvgIpc) is 3.27. The van der Waals surface area contributed by atoms with E-state index in [2.05, 4.69) is 5.32 Å². The van der Waals surface area contributed by atoms with Crippen LogP contribution in [0.2, 0.25) is 0 Å². The van der Waals surface area contributed by atoms with Gasteiger partial charge in [0.25, 0.3) is 0 Å². The Morgan fingerprint density at radius 2 is 1.80 bits per heavy atom. The molecule has 0 saturated heterocycles. The van der Waals surface area contributed by atoms with Crippen LogP contribution in [-0.2, 0) is 4.79 Å². The number of carbonyl (C=O) groups is 2. The van der Waals surface area contributed by atoms with Gasteiger partial charge >= 0.3 is 0 Å². The Morgan fingerprint density at radius 1 is 1.03 bits per heavy atom. The van der Waals surface area contributed by atoms with Crippen molar-refractivity contribution in [3.05, 3.63) is 84.1 Å². The summed E-state index contributed by atoms with van der Waals surface area (Å²) < 4.78 is 17.1. The van der Waals surface area contributed by atoms with E-state index >= 15 is 0 Å². The number of fused-ring (bicyclic) bond motifs is 1. The molecule has 1 heterocycles. The first-order valence-corrected chi connectivity index (χ1v) is 11.3. The Morgan fingerprint density at radius 3 is 2.49 bits per heavy atom. The van der Waals surface area contributed by atoms with Gasteiger partial charge in [0.15, 0.2) is 5.78 Å². The molecule has 6 nitrogen and oxygen atoms in total. The molecule has 0 atom stereocenters. The molecule has 0 fully saturated rings. The summed E-state index contributed by atoms with van der Waals surface area (Å²) >= 11 is 0. The molecule has 178 valence electrons. The Labute approximate surface area is 204 Å². The molecule has 1 amide bonds. The second kappa shape index (κ2) is 10.3. The van der Waals surface area contributed by atoms with Crippen molar-refractivity contribution in [3.63, 3.8) is 0 Å². The first-order chi connectivity index (χ1) is 16.9. The number of ether oxygens (including phenoxy) is 2. The molecule has 6 heteroatoms. The van der Waals surface area contributed by atoms with Crippen LogP contribution < -0.4 is 14.8 Å². The van der Waals surface area contributed by atoms with Gasteiger partial charge in [-0.05, 0) is 74.4 Å². The van der Waals surface area contributed by atoms with Crippen molar-refractivity contribution in [2.75, 3.05) is 19.0 Å². The van der Waals surface area contributed by atoms with Crippen LogP contribution in [0.3, 0.4) is 0 Å². The number of carbonyl (C=O) groups excluding carboxylic acids is 2. The lowest BCUT2D eigenvalue weighted by atomic mass is 9.99. The molecule has 0 bridgehead atoms. The third-order valence-corrected chi connectivity index (χ3v) is 5.69. The molecule has 4 rings (SSSR count). The fourth-order valence-electron chi connectivity index (χ4n) is 3.89. The number of furan rings is 1. The molecule has 0 unspecified atom stereocenters. The maximum Gasteiger partial charge on any atom is 0.248 e. The number of ketones is 1. The Hall–Kier alpha value is -4.32. The van der Waals surface area contributed by atoms with Crippen molar-refractivity contribution in [2.24, 2.45) is 0 Å². The first-order valence-electron chi connectivity index (χ1n) is 11.3. The molecular weight excluding hydrogens is 442 g/mol. The largest absolute Gasteiger partial charge is 0.497 e. The van der Waals surface area contributed by atoms with Crippen LogP contribution in [0.1, 0.15) is 36.7 Å². The van der Waals surface area contributed by atoms with E-state index in [1.54, 1.807) is 37.6 Å². The van der Waals surface area contributed by atoms with Gasteiger partial charge in [-0.3, -0.25) is 9.59 Å². The number of allylic oxidation sites excluding steroid dienone is 1. The fourth-order valence-corrected chi connectivity index (χ4v) is 3.89. The van der Waals surface area contributed by atoms with Crippen molar-refractivity contribution < 1.29 is 23.5 Å². The molecular formula is C29H27NO5. The summed E-state index contributed by atoms with van der Waals surface area (Å²) in [5.41, 5.74) is 5.32. The molecule has 4 aromatic rings. The summed E-state index contributed by atoms with van der Waals surface area (Å²) in [6.07, 6.45) is 3.25. The highest BCUT2D eigenvalue weighted by molar-refractivity contribution is 6.05. The zero-order valence-corrected chi connectivity index (χ0v) is 20.2. The number of amides is 1. The quantitative estimate of drug-likeness (QED) is 0.228. The van der Waals surface area contributed by atoms with E-state index < -0.39 is 0 Å². The minimum Gasteiger partial charge on any atom is -0.497 e. The first kappa shape index (κ1) is 23.8. The number of Topliss-reactive ketones (excluding diaryl/α,β-unsaturated/α-hetero) is 1. The highest BCUT2D eigenvalue weighted by atomic mass is 16.5. The standard InChI is InChI=1S/C29H27NO5/c1-5-34-27-16-28-25(26(17-35-28)21-7-6-8-23(14-21)33-4)15-24(27)18(2)13-29(32)30-22-11-9-20(10-12-22)19(3)31/h6-17H,5H2,1-4H3,(H,30,32)/b18-13+. The van der Waals surface area contributed by atoms with Crippen LogP contribution in [-0.4, -0.2) is 25.4 Å². The number of hydrogen-bond donors (Lipinski definition) is 1. The Balaban J connectivity index is 1.68. The summed E-state index contributed by atoms with van der Waals surface area (Å²) in [4.78, 5) is 24.2. The summed E-state index contributed by atoms with van der Waals surface area (Å²) in [5, 5.41) is 3.75. The van der Waals surface area contributed by atoms with E-state index in [9.17, 15) is 9.59 Å². The smallest absolute Gasteiger partial charge is 0.248 e. The molecule has 3 aromatic carbocycles. The zero-order chi connectivity index (χ0) is 24.9. The summed E-state index contributed by atoms with van der Waals surface area (Å²) in [7, 11) is 1.63. The summed E-state index contributed by atoms with van der Waals surface area (Å²) in [5.74, 6) is 1.09. The maximum absolute atomic E-state index is 12.7. The number of hydrogen-bond acceptors (Lipinski definition) is 5. The predicted octanol–water partition coefficient (Wildman–Crippen LogP) is 6.75. The lowest BCUT2D eigenvalue weighted by Crippen LogP contribution is -2.09. The number of rotatable bonds is 8. The van der Waals surface area contributed by atoms with Gasteiger partial charge in [0, 0.05) is 39.9 Å². The normalized spacial score (nSPS) is 11.4. The summed E-state index contributed by atoms with van der Waals surface area (Å²) in [6.45, 7) is 5.76. The molecule has 1 aromatic heterocycles. The zero-order valence-electron chi connectivity index (χ0n) is 20.2. The molecule has 35 heavy (non-hydrogen) atoms. The Kier molecular flexibility index (Phi) is 7.01. The maximum atomic E-state index is 12.7. The summed E-state index contributed by atoms with van der Waals surface area (Å²) in [6, 6.07) is 18.4. The van der Waals surface area contributed by atoms with Crippen LogP contribution in [0.25, 0.3) is 27.7 Å². The lowest BCUT2D eigenvalue weighted by Gasteiger charge is -2.12. The van der Waals surface area contributed by atoms with Gasteiger partial charge in [0.1, 0.15) is 17.1 Å². The predicted molar refractivity (Wildman–Crippen MR) is 138 cm³/mol. The average molecular weight is 470 g/mol. The molecule has 0 aliphatic carbocycles. The number of benzene rings is 3. The van der Waals surface area contributed by atoms with Gasteiger partial charge < -0.3 is 19.2 Å². The molecule has 0 spiro atoms. The fraction of sp³-hybridized carbons (Fsp3) is 0.172. The second-order valence-electron chi connectivity index (χ2n) is 8.11. The van der Waals surface area contributed by atoms with Crippen LogP contribution in [0.5, 0.6) is 11.5 Å². The second-order valence-corrected chi connectivity index (χ2v) is 8.11. The van der Waals surface area contributed by atoms with Crippen molar-refractivity contribution in [1.29, 1.82) is 0 Å². The van der Waals surface area contributed by atoms with Crippen LogP contribution >= 0.6 is 0 Å². The lowest BCUT2D eigenvalue weighted by molar-refractivity contribution is -0.111. The molecule has 0 aliphatic rings. The third kappa shape index (κ3) is 5.27. The third-order valence-electron chi connectivity index (χ3n) is 5.69. The van der Waals surface area contributed by atoms with Gasteiger partial charge in [-0.2, -0.15) is 0 Å². The van der Waals surface area contributed by atoms with E-state index in [1.807, 2.05) is 50.2 Å². The van der Waals surface area contributed by atoms with Crippen molar-refractivity contribution in [1.82, 2.24) is 0 Å². The van der Waals surface area contributed by atoms with E-state index in [0.717, 1.165) is 33.4 Å². The minimum atomic E-state index is -0.277. The van der Waals surface area contributed by atoms with E-state index in [0.29, 0.717) is 29.2 Å². The Bertz CT molecular complexity index is 1410. The molecule has 1 N–H and O–H groups in total. The van der Waals surface area contributed by atoms with Gasteiger partial charge in [0.05, 0.1) is 20.0 Å². The van der Waals surface area contributed by atoms with Gasteiger partial charge in [-0.25, -0.2) is 0 Å². The molecule has 0 radical (unpaired) electrons. The molecule has 0 saturated carbocycles. The number of anilines is 1. The van der Waals surface area contributed by atoms with Crippen molar-refractivity contribution >= 4 is 33.9 Å². The topological polar surface area (TPSA) is 77.8 Å².